The van der Waals surface area contributed by atoms with Crippen LogP contribution in [0, 0.1) is 15.5 Å². The number of methoxy groups -OCH3 is 2. The summed E-state index contributed by atoms with van der Waals surface area (Å²) in [5.41, 5.74) is 0.406. The zero-order chi connectivity index (χ0) is 27.2. The van der Waals surface area contributed by atoms with Crippen molar-refractivity contribution in [3.63, 3.8) is 0 Å². The number of non-ortho nitro benzene ring substituents is 1. The van der Waals surface area contributed by atoms with Gasteiger partial charge >= 0.3 is 6.03 Å². The second-order valence-corrected chi connectivity index (χ2v) is 9.85. The average Bonchev–Trinajstić information content (AvgIpc) is 2.91. The van der Waals surface area contributed by atoms with E-state index in [0.29, 0.717) is 43.1 Å². The number of nitro groups is 1. The summed E-state index contributed by atoms with van der Waals surface area (Å²) in [7, 11) is 4.98. The lowest BCUT2D eigenvalue weighted by Gasteiger charge is -2.55. The van der Waals surface area contributed by atoms with Crippen molar-refractivity contribution in [3.05, 3.63) is 57.6 Å². The number of nitrogens with one attached hydrogen (secondary N) is 1. The molecule has 2 fully saturated rings. The molecule has 2 atom stereocenters. The Morgan fingerprint density at radius 2 is 1.84 bits per heavy atom. The fraction of sp³-hybridized carbons (Fsp3) is 0.423. The summed E-state index contributed by atoms with van der Waals surface area (Å²) in [5.74, 6) is -0.173. The fourth-order valence-electron chi connectivity index (χ4n) is 5.79. The quantitative estimate of drug-likeness (QED) is 0.340. The summed E-state index contributed by atoms with van der Waals surface area (Å²) in [6.45, 7) is 1.70. The fourth-order valence-corrected chi connectivity index (χ4v) is 5.79. The maximum atomic E-state index is 14.2. The van der Waals surface area contributed by atoms with E-state index < -0.39 is 34.2 Å². The molecule has 38 heavy (non-hydrogen) atoms. The Morgan fingerprint density at radius 1 is 1.08 bits per heavy atom. The van der Waals surface area contributed by atoms with E-state index in [4.69, 9.17) is 9.47 Å². The molecule has 0 aliphatic carbocycles. The summed E-state index contributed by atoms with van der Waals surface area (Å²) < 4.78 is 10.6. The van der Waals surface area contributed by atoms with Crippen LogP contribution < -0.4 is 19.7 Å². The minimum atomic E-state index is -1.61. The van der Waals surface area contributed by atoms with E-state index in [1.807, 2.05) is 22.9 Å². The number of amides is 4. The van der Waals surface area contributed by atoms with Gasteiger partial charge in [0, 0.05) is 50.4 Å². The molecule has 12 heteroatoms. The predicted octanol–water partition coefficient (Wildman–Crippen LogP) is 1.60. The number of likely N-dealkylation sites (N-methyl/N-ethyl adjacent to an activating group) is 1. The molecule has 4 amide bonds. The van der Waals surface area contributed by atoms with E-state index in [-0.39, 0.29) is 18.7 Å². The number of carbonyl (C=O) groups excluding carboxylic acids is 3. The molecule has 3 aliphatic heterocycles. The van der Waals surface area contributed by atoms with Gasteiger partial charge in [0.25, 0.3) is 5.69 Å². The first kappa shape index (κ1) is 25.5. The van der Waals surface area contributed by atoms with Crippen molar-refractivity contribution in [2.75, 3.05) is 52.3 Å². The molecule has 200 valence electrons. The van der Waals surface area contributed by atoms with Crippen molar-refractivity contribution >= 4 is 29.2 Å². The third kappa shape index (κ3) is 4.01. The van der Waals surface area contributed by atoms with Gasteiger partial charge in [-0.25, -0.2) is 4.79 Å². The smallest absolute Gasteiger partial charge is 0.330 e. The molecule has 1 N–H and O–H groups in total. The summed E-state index contributed by atoms with van der Waals surface area (Å²) in [5, 5.41) is 13.9. The third-order valence-electron chi connectivity index (χ3n) is 7.77. The molecule has 12 nitrogen and oxygen atoms in total. The predicted molar refractivity (Wildman–Crippen MR) is 136 cm³/mol. The van der Waals surface area contributed by atoms with Gasteiger partial charge in [-0.1, -0.05) is 6.07 Å². The third-order valence-corrected chi connectivity index (χ3v) is 7.77. The van der Waals surface area contributed by atoms with Gasteiger partial charge in [-0.15, -0.1) is 0 Å². The summed E-state index contributed by atoms with van der Waals surface area (Å²) in [6.07, 6.45) is 0.296. The molecule has 0 aromatic heterocycles. The number of carbonyl (C=O) groups is 3. The number of imide groups is 2. The van der Waals surface area contributed by atoms with Crippen LogP contribution in [0.4, 0.5) is 16.2 Å². The van der Waals surface area contributed by atoms with E-state index >= 15 is 0 Å². The molecular weight excluding hydrogens is 494 g/mol. The minimum absolute atomic E-state index is 0.0379. The Balaban J connectivity index is 1.51. The average molecular weight is 524 g/mol. The standard InChI is InChI=1S/C26H29N5O7/c1-28-10-11-29-19-6-5-18(31(35)36)13-17(19)14-26(22(29)15-28)23(32)27-25(34)30(24(26)33)9-8-16-4-7-20(37-2)21(12-16)38-3/h4-7,12-13,22H,8-11,14-15H2,1-3H3,(H,27,32,34)/t22-,26-/m1/s1. The van der Waals surface area contributed by atoms with Crippen molar-refractivity contribution in [2.45, 2.75) is 18.9 Å². The van der Waals surface area contributed by atoms with Gasteiger partial charge < -0.3 is 19.3 Å². The normalized spacial score (nSPS) is 23.1. The van der Waals surface area contributed by atoms with Crippen LogP contribution in [0.5, 0.6) is 11.5 Å². The molecule has 2 aromatic rings. The van der Waals surface area contributed by atoms with E-state index in [2.05, 4.69) is 5.32 Å². The molecule has 0 bridgehead atoms. The van der Waals surface area contributed by atoms with Crippen molar-refractivity contribution < 1.29 is 28.8 Å². The van der Waals surface area contributed by atoms with E-state index in [1.165, 1.54) is 26.4 Å². The Labute approximate surface area is 219 Å². The molecule has 2 aromatic carbocycles. The number of anilines is 1. The minimum Gasteiger partial charge on any atom is -0.493 e. The summed E-state index contributed by atoms with van der Waals surface area (Å²) in [4.78, 5) is 56.8. The van der Waals surface area contributed by atoms with Gasteiger partial charge in [-0.05, 0) is 42.8 Å². The van der Waals surface area contributed by atoms with Crippen LogP contribution in [0.25, 0.3) is 0 Å². The number of nitrogens with zero attached hydrogens (tertiary/aromatic N) is 4. The van der Waals surface area contributed by atoms with Crippen LogP contribution in [-0.4, -0.2) is 86.1 Å². The number of hydrogen-bond donors (Lipinski definition) is 1. The number of piperazine rings is 1. The molecule has 2 saturated heterocycles. The highest BCUT2D eigenvalue weighted by Crippen LogP contribution is 2.46. The van der Waals surface area contributed by atoms with Crippen molar-refractivity contribution in [2.24, 2.45) is 5.41 Å². The van der Waals surface area contributed by atoms with Crippen molar-refractivity contribution in [3.8, 4) is 11.5 Å². The van der Waals surface area contributed by atoms with Gasteiger partial charge in [0.15, 0.2) is 16.9 Å². The van der Waals surface area contributed by atoms with Gasteiger partial charge in [-0.3, -0.25) is 29.9 Å². The number of urea groups is 1. The van der Waals surface area contributed by atoms with Crippen LogP contribution in [0.1, 0.15) is 11.1 Å². The number of fused-ring (bicyclic) bond motifs is 4. The number of benzene rings is 2. The molecule has 1 spiro atoms. The Kier molecular flexibility index (Phi) is 6.43. The maximum absolute atomic E-state index is 14.2. The highest BCUT2D eigenvalue weighted by Gasteiger charge is 2.62. The number of ether oxygens (including phenoxy) is 2. The molecule has 3 aliphatic rings. The SMILES string of the molecule is COc1ccc(CCN2C(=O)NC(=O)[C@]3(Cc4cc([N+](=O)[O-])ccc4N4CCN(C)C[C@@H]43)C2=O)cc1OC. The second kappa shape index (κ2) is 9.60. The van der Waals surface area contributed by atoms with Gasteiger partial charge in [0.2, 0.25) is 11.8 Å². The van der Waals surface area contributed by atoms with E-state index in [1.54, 1.807) is 18.2 Å². The van der Waals surface area contributed by atoms with Crippen LogP contribution in [0.2, 0.25) is 0 Å². The van der Waals surface area contributed by atoms with E-state index in [0.717, 1.165) is 16.2 Å². The lowest BCUT2D eigenvalue weighted by Crippen LogP contribution is -2.75. The van der Waals surface area contributed by atoms with Crippen molar-refractivity contribution in [1.29, 1.82) is 0 Å². The Bertz CT molecular complexity index is 1330. The first-order chi connectivity index (χ1) is 18.2. The molecular formula is C26H29N5O7. The van der Waals surface area contributed by atoms with Gasteiger partial charge in [-0.2, -0.15) is 0 Å². The van der Waals surface area contributed by atoms with Crippen LogP contribution in [0.15, 0.2) is 36.4 Å². The van der Waals surface area contributed by atoms with Crippen molar-refractivity contribution in [1.82, 2.24) is 15.1 Å². The molecule has 0 saturated carbocycles. The Hall–Kier alpha value is -4.19. The number of nitro benzene ring substituents is 1. The monoisotopic (exact) mass is 523 g/mol. The molecule has 3 heterocycles. The maximum Gasteiger partial charge on any atom is 0.330 e. The van der Waals surface area contributed by atoms with Gasteiger partial charge in [0.1, 0.15) is 0 Å². The summed E-state index contributed by atoms with van der Waals surface area (Å²) in [6, 6.07) is 8.58. The lowest BCUT2D eigenvalue weighted by molar-refractivity contribution is -0.384. The largest absolute Gasteiger partial charge is 0.493 e. The van der Waals surface area contributed by atoms with Crippen LogP contribution in [0.3, 0.4) is 0 Å². The number of hydrogen-bond acceptors (Lipinski definition) is 9. The zero-order valence-electron chi connectivity index (χ0n) is 21.4. The van der Waals surface area contributed by atoms with Gasteiger partial charge in [0.05, 0.1) is 25.2 Å². The molecule has 5 rings (SSSR count). The summed E-state index contributed by atoms with van der Waals surface area (Å²) >= 11 is 0. The first-order valence-electron chi connectivity index (χ1n) is 12.3. The molecule has 0 unspecified atom stereocenters. The zero-order valence-corrected chi connectivity index (χ0v) is 21.4. The second-order valence-electron chi connectivity index (χ2n) is 9.85. The van der Waals surface area contributed by atoms with E-state index in [9.17, 15) is 24.5 Å². The highest BCUT2D eigenvalue weighted by atomic mass is 16.6. The Morgan fingerprint density at radius 3 is 2.55 bits per heavy atom. The highest BCUT2D eigenvalue weighted by molar-refractivity contribution is 6.20. The van der Waals surface area contributed by atoms with Crippen LogP contribution >= 0.6 is 0 Å². The topological polar surface area (TPSA) is 135 Å². The first-order valence-corrected chi connectivity index (χ1v) is 12.3. The lowest BCUT2D eigenvalue weighted by atomic mass is 9.67. The molecule has 0 radical (unpaired) electrons. The number of barbiturate groups is 1. The van der Waals surface area contributed by atoms with Crippen LogP contribution in [-0.2, 0) is 22.4 Å². The number of rotatable bonds is 6.